The number of likely N-dealkylation sites (tertiary alicyclic amines) is 1. The summed E-state index contributed by atoms with van der Waals surface area (Å²) in [6.07, 6.45) is 3.44. The number of carbonyl (C=O) groups excluding carboxylic acids is 1. The molecule has 6 nitrogen and oxygen atoms in total. The lowest BCUT2D eigenvalue weighted by Crippen LogP contribution is -2.25. The number of nitrogens with zero attached hydrogens (tertiary/aromatic N) is 4. The Labute approximate surface area is 153 Å². The third-order valence-corrected chi connectivity index (χ3v) is 5.11. The average molecular weight is 359 g/mol. The Balaban J connectivity index is 1.77. The van der Waals surface area contributed by atoms with Crippen LogP contribution in [0.5, 0.6) is 0 Å². The molecule has 0 bridgehead atoms. The van der Waals surface area contributed by atoms with Gasteiger partial charge in [-0.1, -0.05) is 36.9 Å². The van der Waals surface area contributed by atoms with Crippen molar-refractivity contribution < 1.29 is 4.79 Å². The van der Waals surface area contributed by atoms with Crippen molar-refractivity contribution in [3.63, 3.8) is 0 Å². The van der Waals surface area contributed by atoms with Gasteiger partial charge in [-0.25, -0.2) is 0 Å². The van der Waals surface area contributed by atoms with E-state index in [9.17, 15) is 4.79 Å². The highest BCUT2D eigenvalue weighted by atomic mass is 32.2. The Morgan fingerprint density at radius 3 is 2.68 bits per heavy atom. The standard InChI is InChI=1S/C18H25N5OS/c1-2-10-19-17(24)14-25-18-21-20-16(13-22-11-6-7-12-22)23(18)15-8-4-3-5-9-15/h3-5,8-9H,2,6-7,10-14H2,1H3,(H,19,24). The summed E-state index contributed by atoms with van der Waals surface area (Å²) in [6.45, 7) is 5.78. The number of carbonyl (C=O) groups is 1. The molecule has 1 N–H and O–H groups in total. The molecular weight excluding hydrogens is 334 g/mol. The maximum atomic E-state index is 11.9. The number of rotatable bonds is 8. The molecule has 1 amide bonds. The molecule has 1 aromatic carbocycles. The summed E-state index contributed by atoms with van der Waals surface area (Å²) in [5.41, 5.74) is 1.04. The molecule has 2 aromatic rings. The molecule has 2 heterocycles. The van der Waals surface area contributed by atoms with Crippen LogP contribution in [0.4, 0.5) is 0 Å². The summed E-state index contributed by atoms with van der Waals surface area (Å²) in [5, 5.41) is 12.4. The van der Waals surface area contributed by atoms with Crippen LogP contribution in [-0.2, 0) is 11.3 Å². The summed E-state index contributed by atoms with van der Waals surface area (Å²) in [7, 11) is 0. The molecule has 134 valence electrons. The molecule has 25 heavy (non-hydrogen) atoms. The van der Waals surface area contributed by atoms with Gasteiger partial charge in [0.2, 0.25) is 5.91 Å². The Kier molecular flexibility index (Phi) is 6.47. The highest BCUT2D eigenvalue weighted by molar-refractivity contribution is 7.99. The molecule has 0 atom stereocenters. The number of hydrogen-bond donors (Lipinski definition) is 1. The minimum absolute atomic E-state index is 0.0376. The number of thioether (sulfide) groups is 1. The van der Waals surface area contributed by atoms with E-state index in [0.29, 0.717) is 12.3 Å². The monoisotopic (exact) mass is 359 g/mol. The van der Waals surface area contributed by atoms with Gasteiger partial charge in [-0.3, -0.25) is 14.3 Å². The summed E-state index contributed by atoms with van der Waals surface area (Å²) in [4.78, 5) is 14.3. The Bertz CT molecular complexity index is 682. The molecule has 0 aliphatic carbocycles. The minimum Gasteiger partial charge on any atom is -0.355 e. The van der Waals surface area contributed by atoms with E-state index < -0.39 is 0 Å². The van der Waals surface area contributed by atoms with Gasteiger partial charge in [0.05, 0.1) is 12.3 Å². The van der Waals surface area contributed by atoms with Gasteiger partial charge < -0.3 is 5.32 Å². The van der Waals surface area contributed by atoms with E-state index in [-0.39, 0.29) is 5.91 Å². The SMILES string of the molecule is CCCNC(=O)CSc1nnc(CN2CCCC2)n1-c1ccccc1. The summed E-state index contributed by atoms with van der Waals surface area (Å²) >= 11 is 1.44. The topological polar surface area (TPSA) is 63.1 Å². The van der Waals surface area contributed by atoms with Crippen LogP contribution in [0.2, 0.25) is 0 Å². The van der Waals surface area contributed by atoms with Gasteiger partial charge in [0.15, 0.2) is 11.0 Å². The van der Waals surface area contributed by atoms with Crippen molar-refractivity contribution in [2.45, 2.75) is 37.9 Å². The molecule has 1 aliphatic rings. The first kappa shape index (κ1) is 17.9. The van der Waals surface area contributed by atoms with Crippen molar-refractivity contribution >= 4 is 17.7 Å². The van der Waals surface area contributed by atoms with Gasteiger partial charge in [-0.05, 0) is 44.5 Å². The second kappa shape index (κ2) is 9.01. The van der Waals surface area contributed by atoms with Crippen LogP contribution in [-0.4, -0.2) is 51.0 Å². The number of nitrogens with one attached hydrogen (secondary N) is 1. The Morgan fingerprint density at radius 2 is 1.96 bits per heavy atom. The number of para-hydroxylation sites is 1. The van der Waals surface area contributed by atoms with Crippen molar-refractivity contribution in [2.75, 3.05) is 25.4 Å². The molecule has 1 fully saturated rings. The van der Waals surface area contributed by atoms with Gasteiger partial charge in [-0.2, -0.15) is 0 Å². The first-order chi connectivity index (χ1) is 12.3. The predicted octanol–water partition coefficient (Wildman–Crippen LogP) is 2.48. The molecule has 0 radical (unpaired) electrons. The van der Waals surface area contributed by atoms with Crippen molar-refractivity contribution in [2.24, 2.45) is 0 Å². The van der Waals surface area contributed by atoms with Crippen molar-refractivity contribution in [3.05, 3.63) is 36.2 Å². The predicted molar refractivity (Wildman–Crippen MR) is 99.9 cm³/mol. The zero-order valence-electron chi connectivity index (χ0n) is 14.6. The van der Waals surface area contributed by atoms with Gasteiger partial charge in [-0.15, -0.1) is 10.2 Å². The fourth-order valence-electron chi connectivity index (χ4n) is 2.92. The van der Waals surface area contributed by atoms with Crippen molar-refractivity contribution in [1.82, 2.24) is 25.0 Å². The molecule has 7 heteroatoms. The lowest BCUT2D eigenvalue weighted by molar-refractivity contribution is -0.118. The van der Waals surface area contributed by atoms with Gasteiger partial charge in [0, 0.05) is 12.2 Å². The van der Waals surface area contributed by atoms with Gasteiger partial charge in [0.1, 0.15) is 0 Å². The fourth-order valence-corrected chi connectivity index (χ4v) is 3.72. The first-order valence-electron chi connectivity index (χ1n) is 8.89. The van der Waals surface area contributed by atoms with Crippen LogP contribution >= 0.6 is 11.8 Å². The number of amides is 1. The van der Waals surface area contributed by atoms with E-state index in [2.05, 4.69) is 37.1 Å². The van der Waals surface area contributed by atoms with Crippen molar-refractivity contribution in [1.29, 1.82) is 0 Å². The maximum Gasteiger partial charge on any atom is 0.230 e. The van der Waals surface area contributed by atoms with E-state index in [1.54, 1.807) is 0 Å². The maximum absolute atomic E-state index is 11.9. The second-order valence-electron chi connectivity index (χ2n) is 6.19. The van der Waals surface area contributed by atoms with Crippen LogP contribution < -0.4 is 5.32 Å². The van der Waals surface area contributed by atoms with Crippen LogP contribution in [0.3, 0.4) is 0 Å². The number of hydrogen-bond acceptors (Lipinski definition) is 5. The number of benzene rings is 1. The zero-order valence-corrected chi connectivity index (χ0v) is 15.5. The highest BCUT2D eigenvalue weighted by Crippen LogP contribution is 2.23. The number of aromatic nitrogens is 3. The fraction of sp³-hybridized carbons (Fsp3) is 0.500. The Hall–Kier alpha value is -1.86. The largest absolute Gasteiger partial charge is 0.355 e. The van der Waals surface area contributed by atoms with Crippen molar-refractivity contribution in [3.8, 4) is 5.69 Å². The molecular formula is C18H25N5OS. The molecule has 1 saturated heterocycles. The lowest BCUT2D eigenvalue weighted by Gasteiger charge is -2.15. The highest BCUT2D eigenvalue weighted by Gasteiger charge is 2.19. The minimum atomic E-state index is 0.0376. The lowest BCUT2D eigenvalue weighted by atomic mass is 10.3. The van der Waals surface area contributed by atoms with E-state index >= 15 is 0 Å². The second-order valence-corrected chi connectivity index (χ2v) is 7.13. The molecule has 0 spiro atoms. The van der Waals surface area contributed by atoms with Crippen LogP contribution in [0.25, 0.3) is 5.69 Å². The molecule has 0 saturated carbocycles. The summed E-state index contributed by atoms with van der Waals surface area (Å²) in [5.74, 6) is 1.33. The molecule has 3 rings (SSSR count). The van der Waals surface area contributed by atoms with Crippen LogP contribution in [0.1, 0.15) is 32.0 Å². The van der Waals surface area contributed by atoms with E-state index in [4.69, 9.17) is 0 Å². The quantitative estimate of drug-likeness (QED) is 0.734. The average Bonchev–Trinajstić information content (AvgIpc) is 3.29. The smallest absolute Gasteiger partial charge is 0.230 e. The summed E-state index contributed by atoms with van der Waals surface area (Å²) < 4.78 is 2.08. The normalized spacial score (nSPS) is 14.8. The van der Waals surface area contributed by atoms with E-state index in [1.165, 1.54) is 24.6 Å². The van der Waals surface area contributed by atoms with Crippen LogP contribution in [0, 0.1) is 0 Å². The zero-order chi connectivity index (χ0) is 17.5. The van der Waals surface area contributed by atoms with Gasteiger partial charge >= 0.3 is 0 Å². The van der Waals surface area contributed by atoms with Crippen LogP contribution in [0.15, 0.2) is 35.5 Å². The molecule has 1 aliphatic heterocycles. The third-order valence-electron chi connectivity index (χ3n) is 4.18. The van der Waals surface area contributed by atoms with E-state index in [0.717, 1.165) is 42.7 Å². The molecule has 1 aromatic heterocycles. The molecule has 0 unspecified atom stereocenters. The van der Waals surface area contributed by atoms with E-state index in [1.807, 2.05) is 25.1 Å². The first-order valence-corrected chi connectivity index (χ1v) is 9.88. The van der Waals surface area contributed by atoms with Gasteiger partial charge in [0.25, 0.3) is 0 Å². The third kappa shape index (κ3) is 4.83. The Morgan fingerprint density at radius 1 is 1.20 bits per heavy atom. The summed E-state index contributed by atoms with van der Waals surface area (Å²) in [6, 6.07) is 10.1.